The Morgan fingerprint density at radius 1 is 0.939 bits per heavy atom. The number of carbonyl (C=O) groups is 2. The zero-order valence-electron chi connectivity index (χ0n) is 17.5. The van der Waals surface area contributed by atoms with Gasteiger partial charge in [0.2, 0.25) is 0 Å². The predicted octanol–water partition coefficient (Wildman–Crippen LogP) is 4.99. The van der Waals surface area contributed by atoms with Crippen molar-refractivity contribution in [3.8, 4) is 17.1 Å². The van der Waals surface area contributed by atoms with E-state index in [2.05, 4.69) is 10.5 Å². The van der Waals surface area contributed by atoms with Crippen molar-refractivity contribution in [1.29, 1.82) is 0 Å². The van der Waals surface area contributed by atoms with Gasteiger partial charge in [0.25, 0.3) is 5.91 Å². The van der Waals surface area contributed by atoms with E-state index in [-0.39, 0.29) is 5.56 Å². The van der Waals surface area contributed by atoms with Crippen LogP contribution in [0, 0.1) is 0 Å². The number of carbonyl (C=O) groups excluding carboxylic acids is 1. The third kappa shape index (κ3) is 5.54. The van der Waals surface area contributed by atoms with Crippen molar-refractivity contribution < 1.29 is 23.8 Å². The van der Waals surface area contributed by atoms with Crippen molar-refractivity contribution in [2.24, 2.45) is 5.10 Å². The number of carboxylic acid groups (broad SMARTS) is 1. The number of para-hydroxylation sites is 1. The number of carboxylic acids is 1. The number of nitrogens with one attached hydrogen (secondary N) is 1. The molecule has 0 radical (unpaired) electrons. The van der Waals surface area contributed by atoms with Gasteiger partial charge >= 0.3 is 5.97 Å². The molecule has 0 unspecified atom stereocenters. The largest absolute Gasteiger partial charge is 0.488 e. The highest BCUT2D eigenvalue weighted by Gasteiger charge is 2.12. The number of hydrogen-bond acceptors (Lipinski definition) is 5. The molecule has 164 valence electrons. The quantitative estimate of drug-likeness (QED) is 0.297. The van der Waals surface area contributed by atoms with Gasteiger partial charge in [0.1, 0.15) is 23.9 Å². The zero-order chi connectivity index (χ0) is 23.0. The monoisotopic (exact) mass is 440 g/mol. The third-order valence-electron chi connectivity index (χ3n) is 4.75. The van der Waals surface area contributed by atoms with Gasteiger partial charge in [-0.2, -0.15) is 5.10 Å². The maximum absolute atomic E-state index is 12.6. The molecule has 4 rings (SSSR count). The van der Waals surface area contributed by atoms with Crippen LogP contribution in [0.1, 0.15) is 32.0 Å². The number of benzene rings is 3. The summed E-state index contributed by atoms with van der Waals surface area (Å²) in [6.45, 7) is 0.340. The molecule has 1 amide bonds. The summed E-state index contributed by atoms with van der Waals surface area (Å²) in [4.78, 5) is 23.8. The van der Waals surface area contributed by atoms with Gasteiger partial charge in [0, 0.05) is 5.56 Å². The lowest BCUT2D eigenvalue weighted by molar-refractivity contribution is 0.0696. The van der Waals surface area contributed by atoms with Crippen LogP contribution in [0.15, 0.2) is 101 Å². The number of amides is 1. The fourth-order valence-electron chi connectivity index (χ4n) is 3.11. The molecular formula is C26H20N2O5. The summed E-state index contributed by atoms with van der Waals surface area (Å²) in [5, 5.41) is 13.1. The molecule has 7 nitrogen and oxygen atoms in total. The molecule has 4 aromatic rings. The second-order valence-corrected chi connectivity index (χ2v) is 7.06. The fraction of sp³-hybridized carbons (Fsp3) is 0.0385. The van der Waals surface area contributed by atoms with E-state index >= 15 is 0 Å². The molecular weight excluding hydrogens is 420 g/mol. The van der Waals surface area contributed by atoms with Crippen molar-refractivity contribution in [2.45, 2.75) is 6.61 Å². The molecule has 0 aliphatic heterocycles. The van der Waals surface area contributed by atoms with Gasteiger partial charge in [-0.25, -0.2) is 10.2 Å². The van der Waals surface area contributed by atoms with Crippen molar-refractivity contribution in [2.75, 3.05) is 0 Å². The van der Waals surface area contributed by atoms with Crippen molar-refractivity contribution >= 4 is 18.1 Å². The number of nitrogens with zero attached hydrogens (tertiary/aromatic N) is 1. The maximum Gasteiger partial charge on any atom is 0.335 e. The lowest BCUT2D eigenvalue weighted by atomic mass is 10.1. The minimum absolute atomic E-state index is 0.166. The Morgan fingerprint density at radius 3 is 2.55 bits per heavy atom. The van der Waals surface area contributed by atoms with Crippen LogP contribution in [0.5, 0.6) is 5.75 Å². The average Bonchev–Trinajstić information content (AvgIpc) is 3.32. The van der Waals surface area contributed by atoms with Gasteiger partial charge in [-0.1, -0.05) is 54.6 Å². The van der Waals surface area contributed by atoms with Gasteiger partial charge in [-0.05, 0) is 42.0 Å². The van der Waals surface area contributed by atoms with E-state index in [1.54, 1.807) is 48.5 Å². The minimum atomic E-state index is -1.01. The number of ether oxygens (including phenoxy) is 1. The summed E-state index contributed by atoms with van der Waals surface area (Å²) < 4.78 is 11.5. The van der Waals surface area contributed by atoms with Crippen LogP contribution >= 0.6 is 0 Å². The molecule has 1 heterocycles. The van der Waals surface area contributed by atoms with Gasteiger partial charge in [-0.3, -0.25) is 4.79 Å². The van der Waals surface area contributed by atoms with Crippen LogP contribution in [0.4, 0.5) is 0 Å². The zero-order valence-corrected chi connectivity index (χ0v) is 17.5. The van der Waals surface area contributed by atoms with Crippen LogP contribution in [0.3, 0.4) is 0 Å². The second kappa shape index (κ2) is 10.1. The fourth-order valence-corrected chi connectivity index (χ4v) is 3.11. The molecule has 0 aliphatic carbocycles. The Hall–Kier alpha value is -4.65. The molecule has 0 atom stereocenters. The first-order valence-corrected chi connectivity index (χ1v) is 10.1. The van der Waals surface area contributed by atoms with Crippen molar-refractivity contribution in [1.82, 2.24) is 5.43 Å². The van der Waals surface area contributed by atoms with Gasteiger partial charge in [0.05, 0.1) is 17.3 Å². The molecule has 0 aliphatic rings. The molecule has 1 aromatic heterocycles. The van der Waals surface area contributed by atoms with E-state index in [4.69, 9.17) is 14.3 Å². The van der Waals surface area contributed by atoms with Crippen molar-refractivity contribution in [3.05, 3.63) is 113 Å². The SMILES string of the molecule is O=C(O)c1cccc(-c2ccc(/C=N/NC(=O)c3ccccc3OCc3ccccc3)o2)c1. The molecule has 0 spiro atoms. The Bertz CT molecular complexity index is 1290. The summed E-state index contributed by atoms with van der Waals surface area (Å²) in [6.07, 6.45) is 1.37. The summed E-state index contributed by atoms with van der Waals surface area (Å²) >= 11 is 0. The number of rotatable bonds is 8. The normalized spacial score (nSPS) is 10.8. The Labute approximate surface area is 190 Å². The summed E-state index contributed by atoms with van der Waals surface area (Å²) in [5.74, 6) is -0.0883. The lowest BCUT2D eigenvalue weighted by Gasteiger charge is -2.10. The van der Waals surface area contributed by atoms with E-state index in [1.807, 2.05) is 30.3 Å². The standard InChI is InChI=1S/C26H20N2O5/c29-25(22-11-4-5-12-24(22)32-17-18-7-2-1-3-8-18)28-27-16-21-13-14-23(33-21)19-9-6-10-20(15-19)26(30)31/h1-16H,17H2,(H,28,29)(H,30,31)/b27-16+. The lowest BCUT2D eigenvalue weighted by Crippen LogP contribution is -2.18. The van der Waals surface area contributed by atoms with E-state index in [9.17, 15) is 9.59 Å². The summed E-state index contributed by atoms with van der Waals surface area (Å²) in [7, 11) is 0. The number of hydrazone groups is 1. The maximum atomic E-state index is 12.6. The van der Waals surface area contributed by atoms with Crippen LogP contribution in [0.2, 0.25) is 0 Å². The molecule has 7 heteroatoms. The van der Waals surface area contributed by atoms with E-state index < -0.39 is 11.9 Å². The Balaban J connectivity index is 1.40. The van der Waals surface area contributed by atoms with Crippen LogP contribution in [0.25, 0.3) is 11.3 Å². The topological polar surface area (TPSA) is 101 Å². The highest BCUT2D eigenvalue weighted by Crippen LogP contribution is 2.23. The molecule has 3 aromatic carbocycles. The Morgan fingerprint density at radius 2 is 1.73 bits per heavy atom. The second-order valence-electron chi connectivity index (χ2n) is 7.06. The Kier molecular flexibility index (Phi) is 6.61. The average molecular weight is 440 g/mol. The molecule has 33 heavy (non-hydrogen) atoms. The van der Waals surface area contributed by atoms with Crippen molar-refractivity contribution in [3.63, 3.8) is 0 Å². The number of aromatic carboxylic acids is 1. The van der Waals surface area contributed by atoms with Crippen LogP contribution in [-0.2, 0) is 6.61 Å². The van der Waals surface area contributed by atoms with E-state index in [0.29, 0.717) is 35.0 Å². The first kappa shape index (κ1) is 21.6. The van der Waals surface area contributed by atoms with Gasteiger partial charge < -0.3 is 14.3 Å². The third-order valence-corrected chi connectivity index (χ3v) is 4.75. The van der Waals surface area contributed by atoms with E-state index in [1.165, 1.54) is 18.3 Å². The van der Waals surface area contributed by atoms with Gasteiger partial charge in [0.15, 0.2) is 0 Å². The first-order chi connectivity index (χ1) is 16.1. The molecule has 2 N–H and O–H groups in total. The molecule has 0 saturated heterocycles. The molecule has 0 saturated carbocycles. The molecule has 0 bridgehead atoms. The number of hydrogen-bond donors (Lipinski definition) is 2. The first-order valence-electron chi connectivity index (χ1n) is 10.1. The summed E-state index contributed by atoms with van der Waals surface area (Å²) in [5.41, 5.74) is 4.62. The number of furan rings is 1. The highest BCUT2D eigenvalue weighted by atomic mass is 16.5. The highest BCUT2D eigenvalue weighted by molar-refractivity contribution is 5.97. The smallest absolute Gasteiger partial charge is 0.335 e. The minimum Gasteiger partial charge on any atom is -0.488 e. The van der Waals surface area contributed by atoms with Gasteiger partial charge in [-0.15, -0.1) is 0 Å². The van der Waals surface area contributed by atoms with E-state index in [0.717, 1.165) is 5.56 Å². The van der Waals surface area contributed by atoms with Crippen LogP contribution < -0.4 is 10.2 Å². The van der Waals surface area contributed by atoms with Crippen LogP contribution in [-0.4, -0.2) is 23.2 Å². The molecule has 0 fully saturated rings. The predicted molar refractivity (Wildman–Crippen MR) is 123 cm³/mol. The summed E-state index contributed by atoms with van der Waals surface area (Å²) in [6, 6.07) is 26.4.